The lowest BCUT2D eigenvalue weighted by atomic mass is 10.2. The molecule has 8 heteroatoms. The zero-order valence-corrected chi connectivity index (χ0v) is 21.2. The van der Waals surface area contributed by atoms with E-state index in [0.29, 0.717) is 34.4 Å². The van der Waals surface area contributed by atoms with Crippen LogP contribution in [0.2, 0.25) is 0 Å². The van der Waals surface area contributed by atoms with E-state index in [1.54, 1.807) is 24.1 Å². The number of thioether (sulfide) groups is 1. The number of rotatable bonds is 8. The van der Waals surface area contributed by atoms with Crippen LogP contribution in [0.15, 0.2) is 88.9 Å². The maximum atomic E-state index is 13.6. The summed E-state index contributed by atoms with van der Waals surface area (Å²) in [7, 11) is 3.53. The third-order valence-corrected chi connectivity index (χ3v) is 6.57. The fourth-order valence-corrected chi connectivity index (χ4v) is 4.70. The summed E-state index contributed by atoms with van der Waals surface area (Å²) in [5, 5.41) is 13.3. The number of hydrogen-bond acceptors (Lipinski definition) is 7. The number of nitriles is 1. The Bertz CT molecular complexity index is 1330. The van der Waals surface area contributed by atoms with Crippen LogP contribution in [0.4, 0.5) is 17.1 Å². The highest BCUT2D eigenvalue weighted by molar-refractivity contribution is 8.18. The number of methoxy groups -OCH3 is 1. The number of carbonyl (C=O) groups is 1. The van der Waals surface area contributed by atoms with Crippen LogP contribution in [-0.4, -0.2) is 36.7 Å². The summed E-state index contributed by atoms with van der Waals surface area (Å²) in [5.74, 6) is 0.648. The molecule has 182 valence electrons. The van der Waals surface area contributed by atoms with Crippen molar-refractivity contribution < 1.29 is 9.53 Å². The number of nitrogens with zero attached hydrogens (tertiary/aromatic N) is 4. The second-order valence-corrected chi connectivity index (χ2v) is 9.06. The van der Waals surface area contributed by atoms with E-state index in [1.165, 1.54) is 11.8 Å². The van der Waals surface area contributed by atoms with Gasteiger partial charge in [-0.25, -0.2) is 4.99 Å². The van der Waals surface area contributed by atoms with Crippen molar-refractivity contribution in [1.29, 1.82) is 5.26 Å². The van der Waals surface area contributed by atoms with Crippen LogP contribution in [0.5, 0.6) is 5.75 Å². The SMILES string of the molecule is CCNc1ccc(C#N)cc1/N=C1\S/C(=C\N(C)c2ccc(OC)cc2)C(=O)N1Cc1ccccc1. The predicted molar refractivity (Wildman–Crippen MR) is 146 cm³/mol. The van der Waals surface area contributed by atoms with Gasteiger partial charge in [0.25, 0.3) is 5.91 Å². The molecule has 1 aliphatic rings. The summed E-state index contributed by atoms with van der Waals surface area (Å²) in [4.78, 5) is 22.6. The third-order valence-electron chi connectivity index (χ3n) is 5.57. The molecule has 36 heavy (non-hydrogen) atoms. The van der Waals surface area contributed by atoms with Crippen LogP contribution in [0.3, 0.4) is 0 Å². The zero-order chi connectivity index (χ0) is 25.5. The fourth-order valence-electron chi connectivity index (χ4n) is 3.69. The van der Waals surface area contributed by atoms with Crippen molar-refractivity contribution in [2.24, 2.45) is 4.99 Å². The number of amidine groups is 1. The molecule has 3 aromatic carbocycles. The molecule has 1 aliphatic heterocycles. The molecular formula is C28H27N5O2S. The van der Waals surface area contributed by atoms with Gasteiger partial charge in [-0.15, -0.1) is 0 Å². The van der Waals surface area contributed by atoms with Gasteiger partial charge in [-0.3, -0.25) is 9.69 Å². The lowest BCUT2D eigenvalue weighted by Gasteiger charge is -2.17. The summed E-state index contributed by atoms with van der Waals surface area (Å²) in [6, 6.07) is 25.0. The molecule has 0 atom stereocenters. The van der Waals surface area contributed by atoms with Gasteiger partial charge in [-0.1, -0.05) is 30.3 Å². The van der Waals surface area contributed by atoms with Gasteiger partial charge in [0.2, 0.25) is 0 Å². The van der Waals surface area contributed by atoms with Gasteiger partial charge >= 0.3 is 0 Å². The Morgan fingerprint density at radius 2 is 1.89 bits per heavy atom. The van der Waals surface area contributed by atoms with Crippen molar-refractivity contribution in [3.63, 3.8) is 0 Å². The predicted octanol–water partition coefficient (Wildman–Crippen LogP) is 5.74. The maximum Gasteiger partial charge on any atom is 0.268 e. The zero-order valence-electron chi connectivity index (χ0n) is 20.4. The fraction of sp³-hybridized carbons (Fsp3) is 0.179. The van der Waals surface area contributed by atoms with Gasteiger partial charge in [0.1, 0.15) is 5.75 Å². The lowest BCUT2D eigenvalue weighted by Crippen LogP contribution is -2.28. The first-order valence-electron chi connectivity index (χ1n) is 11.5. The van der Waals surface area contributed by atoms with Gasteiger partial charge in [-0.2, -0.15) is 5.26 Å². The number of aliphatic imine (C=N–C) groups is 1. The van der Waals surface area contributed by atoms with Crippen molar-refractivity contribution in [2.75, 3.05) is 30.9 Å². The van der Waals surface area contributed by atoms with Gasteiger partial charge < -0.3 is 15.0 Å². The van der Waals surface area contributed by atoms with Crippen LogP contribution in [-0.2, 0) is 11.3 Å². The summed E-state index contributed by atoms with van der Waals surface area (Å²) in [6.07, 6.45) is 1.83. The normalized spacial score (nSPS) is 15.3. The Labute approximate surface area is 215 Å². The molecule has 1 fully saturated rings. The van der Waals surface area contributed by atoms with E-state index in [4.69, 9.17) is 9.73 Å². The Balaban J connectivity index is 1.71. The first-order valence-corrected chi connectivity index (χ1v) is 12.3. The van der Waals surface area contributed by atoms with Crippen molar-refractivity contribution >= 4 is 39.9 Å². The highest BCUT2D eigenvalue weighted by atomic mass is 32.2. The number of ether oxygens (including phenoxy) is 1. The molecule has 0 spiro atoms. The number of carbonyl (C=O) groups excluding carboxylic acids is 1. The van der Waals surface area contributed by atoms with E-state index in [1.807, 2.05) is 85.7 Å². The first-order chi connectivity index (χ1) is 17.5. The molecule has 1 heterocycles. The minimum Gasteiger partial charge on any atom is -0.497 e. The second-order valence-electron chi connectivity index (χ2n) is 8.05. The molecule has 4 rings (SSSR count). The van der Waals surface area contributed by atoms with Crippen molar-refractivity contribution in [2.45, 2.75) is 13.5 Å². The monoisotopic (exact) mass is 497 g/mol. The highest BCUT2D eigenvalue weighted by Gasteiger charge is 2.34. The highest BCUT2D eigenvalue weighted by Crippen LogP contribution is 2.36. The average molecular weight is 498 g/mol. The standard InChI is InChI=1S/C28H27N5O2S/c1-4-30-24-15-10-21(17-29)16-25(24)31-28-33(18-20-8-6-5-7-9-20)27(34)26(36-28)19-32(2)22-11-13-23(35-3)14-12-22/h5-16,19,30H,4,18H2,1-3H3/b26-19-,31-28-. The molecular weight excluding hydrogens is 470 g/mol. The summed E-state index contributed by atoms with van der Waals surface area (Å²) >= 11 is 1.32. The average Bonchev–Trinajstić information content (AvgIpc) is 3.19. The molecule has 0 saturated carbocycles. The van der Waals surface area contributed by atoms with Gasteiger partial charge in [0.15, 0.2) is 5.17 Å². The Morgan fingerprint density at radius 1 is 1.14 bits per heavy atom. The van der Waals surface area contributed by atoms with Gasteiger partial charge in [-0.05, 0) is 66.7 Å². The van der Waals surface area contributed by atoms with Crippen molar-refractivity contribution in [1.82, 2.24) is 4.90 Å². The van der Waals surface area contributed by atoms with Gasteiger partial charge in [0.05, 0.1) is 41.6 Å². The molecule has 0 bridgehead atoms. The molecule has 1 saturated heterocycles. The number of hydrogen-bond donors (Lipinski definition) is 1. The molecule has 1 amide bonds. The molecule has 0 aromatic heterocycles. The summed E-state index contributed by atoms with van der Waals surface area (Å²) in [6.45, 7) is 3.10. The second kappa shape index (κ2) is 11.5. The summed E-state index contributed by atoms with van der Waals surface area (Å²) in [5.41, 5.74) is 3.86. The van der Waals surface area contributed by atoms with E-state index in [9.17, 15) is 10.1 Å². The quantitative estimate of drug-likeness (QED) is 0.400. The van der Waals surface area contributed by atoms with Crippen LogP contribution in [0.1, 0.15) is 18.1 Å². The Kier molecular flexibility index (Phi) is 7.93. The molecule has 0 aliphatic carbocycles. The largest absolute Gasteiger partial charge is 0.497 e. The van der Waals surface area contributed by atoms with Gasteiger partial charge in [0, 0.05) is 25.5 Å². The molecule has 7 nitrogen and oxygen atoms in total. The molecule has 1 N–H and O–H groups in total. The van der Waals surface area contributed by atoms with E-state index >= 15 is 0 Å². The maximum absolute atomic E-state index is 13.6. The molecule has 3 aromatic rings. The van der Waals surface area contributed by atoms with E-state index in [0.717, 1.165) is 22.7 Å². The van der Waals surface area contributed by atoms with Crippen LogP contribution >= 0.6 is 11.8 Å². The first kappa shape index (κ1) is 24.9. The van der Waals surface area contributed by atoms with E-state index in [2.05, 4.69) is 11.4 Å². The van der Waals surface area contributed by atoms with Crippen LogP contribution in [0, 0.1) is 11.3 Å². The lowest BCUT2D eigenvalue weighted by molar-refractivity contribution is -0.122. The van der Waals surface area contributed by atoms with Crippen molar-refractivity contribution in [3.05, 3.63) is 95.0 Å². The number of benzene rings is 3. The third kappa shape index (κ3) is 5.70. The number of nitrogens with one attached hydrogen (secondary N) is 1. The number of anilines is 2. The minimum absolute atomic E-state index is 0.121. The smallest absolute Gasteiger partial charge is 0.268 e. The Morgan fingerprint density at radius 3 is 2.56 bits per heavy atom. The van der Waals surface area contributed by atoms with Crippen LogP contribution in [0.25, 0.3) is 0 Å². The molecule has 0 unspecified atom stereocenters. The van der Waals surface area contributed by atoms with Crippen LogP contribution < -0.4 is 15.0 Å². The minimum atomic E-state index is -0.121. The van der Waals surface area contributed by atoms with E-state index in [-0.39, 0.29) is 5.91 Å². The molecule has 0 radical (unpaired) electrons. The summed E-state index contributed by atoms with van der Waals surface area (Å²) < 4.78 is 5.24. The number of amides is 1. The topological polar surface area (TPSA) is 81.0 Å². The van der Waals surface area contributed by atoms with E-state index < -0.39 is 0 Å². The Hall–Kier alpha value is -4.22. The van der Waals surface area contributed by atoms with Crippen molar-refractivity contribution in [3.8, 4) is 11.8 Å².